The van der Waals surface area contributed by atoms with Crippen molar-refractivity contribution in [3.8, 4) is 0 Å². The van der Waals surface area contributed by atoms with Gasteiger partial charge < -0.3 is 10.2 Å². The molecule has 0 radical (unpaired) electrons. The van der Waals surface area contributed by atoms with Crippen molar-refractivity contribution in [1.29, 1.82) is 0 Å². The van der Waals surface area contributed by atoms with Gasteiger partial charge in [0, 0.05) is 10.1 Å². The summed E-state index contributed by atoms with van der Waals surface area (Å²) in [7, 11) is 4.23. The molecule has 0 aromatic heterocycles. The molecule has 2 nitrogen and oxygen atoms in total. The average molecular weight is 332 g/mol. The molecule has 0 atom stereocenters. The van der Waals surface area contributed by atoms with E-state index in [-0.39, 0.29) is 0 Å². The quantitative estimate of drug-likeness (QED) is 0.636. The van der Waals surface area contributed by atoms with Gasteiger partial charge >= 0.3 is 0 Å². The average Bonchev–Trinajstić information content (AvgIpc) is 2.23. The highest BCUT2D eigenvalue weighted by atomic mass is 127. The summed E-state index contributed by atoms with van der Waals surface area (Å²) in [6.07, 6.45) is 1.20. The Labute approximate surface area is 113 Å². The fourth-order valence-corrected chi connectivity index (χ4v) is 2.14. The van der Waals surface area contributed by atoms with Crippen molar-refractivity contribution in [3.63, 3.8) is 0 Å². The first-order valence-corrected chi connectivity index (χ1v) is 6.78. The fraction of sp³-hybridized carbons (Fsp3) is 0.538. The van der Waals surface area contributed by atoms with Gasteiger partial charge in [-0.05, 0) is 74.2 Å². The van der Waals surface area contributed by atoms with Gasteiger partial charge in [0.1, 0.15) is 0 Å². The Morgan fingerprint density at radius 1 is 1.31 bits per heavy atom. The molecule has 0 aliphatic heterocycles. The molecule has 0 aliphatic rings. The normalized spacial score (nSPS) is 11.1. The molecular weight excluding hydrogens is 311 g/mol. The van der Waals surface area contributed by atoms with Crippen molar-refractivity contribution in [2.24, 2.45) is 0 Å². The van der Waals surface area contributed by atoms with Gasteiger partial charge in [0.15, 0.2) is 0 Å². The van der Waals surface area contributed by atoms with Gasteiger partial charge in [-0.1, -0.05) is 18.2 Å². The van der Waals surface area contributed by atoms with Crippen LogP contribution in [0.1, 0.15) is 17.5 Å². The zero-order valence-electron chi connectivity index (χ0n) is 10.4. The molecule has 1 aromatic rings. The van der Waals surface area contributed by atoms with Crippen LogP contribution in [0.5, 0.6) is 0 Å². The second kappa shape index (κ2) is 7.25. The van der Waals surface area contributed by atoms with E-state index >= 15 is 0 Å². The predicted octanol–water partition coefficient (Wildman–Crippen LogP) is 2.64. The molecule has 0 saturated heterocycles. The largest absolute Gasteiger partial charge is 0.313 e. The van der Waals surface area contributed by atoms with Crippen LogP contribution in [0.15, 0.2) is 18.2 Å². The standard InChI is InChI=1S/C13H21IN2/c1-11-6-4-7-12(13(11)14)10-15-8-5-9-16(2)3/h4,6-7,15H,5,8-10H2,1-3H3. The summed E-state index contributed by atoms with van der Waals surface area (Å²) >= 11 is 2.43. The highest BCUT2D eigenvalue weighted by Crippen LogP contribution is 2.16. The van der Waals surface area contributed by atoms with E-state index < -0.39 is 0 Å². The van der Waals surface area contributed by atoms with E-state index in [1.54, 1.807) is 0 Å². The van der Waals surface area contributed by atoms with E-state index in [0.29, 0.717) is 0 Å². The molecule has 16 heavy (non-hydrogen) atoms. The first-order valence-electron chi connectivity index (χ1n) is 5.70. The molecule has 1 N–H and O–H groups in total. The van der Waals surface area contributed by atoms with Gasteiger partial charge in [-0.3, -0.25) is 0 Å². The first-order chi connectivity index (χ1) is 7.61. The molecule has 1 rings (SSSR count). The summed E-state index contributed by atoms with van der Waals surface area (Å²) in [5.74, 6) is 0. The zero-order valence-corrected chi connectivity index (χ0v) is 12.5. The molecule has 1 aromatic carbocycles. The van der Waals surface area contributed by atoms with Crippen LogP contribution in [-0.2, 0) is 6.54 Å². The summed E-state index contributed by atoms with van der Waals surface area (Å²) < 4.78 is 1.39. The van der Waals surface area contributed by atoms with Gasteiger partial charge in [-0.2, -0.15) is 0 Å². The Morgan fingerprint density at radius 3 is 2.75 bits per heavy atom. The van der Waals surface area contributed by atoms with Crippen LogP contribution >= 0.6 is 22.6 Å². The summed E-state index contributed by atoms with van der Waals surface area (Å²) in [6.45, 7) is 5.38. The summed E-state index contributed by atoms with van der Waals surface area (Å²) in [5, 5.41) is 3.49. The molecule has 0 unspecified atom stereocenters. The van der Waals surface area contributed by atoms with E-state index in [0.717, 1.165) is 19.6 Å². The monoisotopic (exact) mass is 332 g/mol. The van der Waals surface area contributed by atoms with E-state index in [4.69, 9.17) is 0 Å². The molecule has 0 saturated carbocycles. The molecular formula is C13H21IN2. The lowest BCUT2D eigenvalue weighted by Gasteiger charge is -2.11. The molecule has 0 amide bonds. The minimum Gasteiger partial charge on any atom is -0.313 e. The van der Waals surface area contributed by atoms with Crippen molar-refractivity contribution in [3.05, 3.63) is 32.9 Å². The summed E-state index contributed by atoms with van der Waals surface area (Å²) in [4.78, 5) is 2.22. The van der Waals surface area contributed by atoms with Crippen molar-refractivity contribution >= 4 is 22.6 Å². The lowest BCUT2D eigenvalue weighted by atomic mass is 10.1. The predicted molar refractivity (Wildman–Crippen MR) is 78.8 cm³/mol. The smallest absolute Gasteiger partial charge is 0.0216 e. The van der Waals surface area contributed by atoms with E-state index in [2.05, 4.69) is 72.0 Å². The van der Waals surface area contributed by atoms with Crippen molar-refractivity contribution in [2.75, 3.05) is 27.2 Å². The highest BCUT2D eigenvalue weighted by molar-refractivity contribution is 14.1. The van der Waals surface area contributed by atoms with Gasteiger partial charge in [0.2, 0.25) is 0 Å². The fourth-order valence-electron chi connectivity index (χ4n) is 1.59. The Hall–Kier alpha value is -0.130. The number of halogens is 1. The van der Waals surface area contributed by atoms with Gasteiger partial charge in [-0.15, -0.1) is 0 Å². The number of benzene rings is 1. The van der Waals surface area contributed by atoms with Crippen LogP contribution in [0.4, 0.5) is 0 Å². The molecule has 0 bridgehead atoms. The molecule has 90 valence electrons. The number of aryl methyl sites for hydroxylation is 1. The van der Waals surface area contributed by atoms with Gasteiger partial charge in [0.25, 0.3) is 0 Å². The number of nitrogens with one attached hydrogen (secondary N) is 1. The third kappa shape index (κ3) is 4.80. The number of hydrogen-bond acceptors (Lipinski definition) is 2. The zero-order chi connectivity index (χ0) is 12.0. The highest BCUT2D eigenvalue weighted by Gasteiger charge is 2.01. The van der Waals surface area contributed by atoms with E-state index in [1.165, 1.54) is 21.1 Å². The summed E-state index contributed by atoms with van der Waals surface area (Å²) in [5.41, 5.74) is 2.78. The summed E-state index contributed by atoms with van der Waals surface area (Å²) in [6, 6.07) is 6.50. The third-order valence-corrected chi connectivity index (χ3v) is 4.09. The van der Waals surface area contributed by atoms with E-state index in [9.17, 15) is 0 Å². The van der Waals surface area contributed by atoms with Crippen molar-refractivity contribution in [2.45, 2.75) is 19.9 Å². The SMILES string of the molecule is Cc1cccc(CNCCCN(C)C)c1I. The first kappa shape index (κ1) is 13.9. The van der Waals surface area contributed by atoms with Crippen LogP contribution in [0.2, 0.25) is 0 Å². The molecule has 0 heterocycles. The lowest BCUT2D eigenvalue weighted by Crippen LogP contribution is -2.21. The molecule has 3 heteroatoms. The maximum absolute atomic E-state index is 3.49. The van der Waals surface area contributed by atoms with Crippen LogP contribution < -0.4 is 5.32 Å². The minimum atomic E-state index is 0.980. The maximum Gasteiger partial charge on any atom is 0.0216 e. The lowest BCUT2D eigenvalue weighted by molar-refractivity contribution is 0.394. The second-order valence-corrected chi connectivity index (χ2v) is 5.46. The Kier molecular flexibility index (Phi) is 6.31. The second-order valence-electron chi connectivity index (χ2n) is 4.38. The van der Waals surface area contributed by atoms with E-state index in [1.807, 2.05) is 0 Å². The topological polar surface area (TPSA) is 15.3 Å². The van der Waals surface area contributed by atoms with Gasteiger partial charge in [-0.25, -0.2) is 0 Å². The number of rotatable bonds is 6. The van der Waals surface area contributed by atoms with Crippen LogP contribution in [0.25, 0.3) is 0 Å². The number of hydrogen-bond donors (Lipinski definition) is 1. The molecule has 0 spiro atoms. The van der Waals surface area contributed by atoms with Crippen molar-refractivity contribution in [1.82, 2.24) is 10.2 Å². The minimum absolute atomic E-state index is 0.980. The third-order valence-electron chi connectivity index (χ3n) is 2.55. The van der Waals surface area contributed by atoms with Crippen LogP contribution in [0, 0.1) is 10.5 Å². The Morgan fingerprint density at radius 2 is 2.06 bits per heavy atom. The van der Waals surface area contributed by atoms with Crippen molar-refractivity contribution < 1.29 is 0 Å². The maximum atomic E-state index is 3.49. The Bertz CT molecular complexity index is 324. The molecule has 0 aliphatic carbocycles. The van der Waals surface area contributed by atoms with Crippen LogP contribution in [-0.4, -0.2) is 32.1 Å². The van der Waals surface area contributed by atoms with Gasteiger partial charge in [0.05, 0.1) is 0 Å². The molecule has 0 fully saturated rings. The Balaban J connectivity index is 2.29. The number of nitrogens with zero attached hydrogens (tertiary/aromatic N) is 1. The van der Waals surface area contributed by atoms with Crippen LogP contribution in [0.3, 0.4) is 0 Å².